The van der Waals surface area contributed by atoms with E-state index < -0.39 is 0 Å². The fraction of sp³-hybridized carbons (Fsp3) is 0.640. The van der Waals surface area contributed by atoms with Crippen molar-refractivity contribution in [3.8, 4) is 23.0 Å². The number of hydrogen-bond donors (Lipinski definition) is 2. The van der Waals surface area contributed by atoms with Gasteiger partial charge in [0.25, 0.3) is 0 Å². The topological polar surface area (TPSA) is 95.4 Å². The van der Waals surface area contributed by atoms with Crippen LogP contribution in [0.1, 0.15) is 182 Å². The van der Waals surface area contributed by atoms with Crippen LogP contribution >= 0.6 is 0 Å². The fourth-order valence-corrected chi connectivity index (χ4v) is 7.09. The van der Waals surface area contributed by atoms with Crippen LogP contribution in [0.4, 0.5) is 22.7 Å². The summed E-state index contributed by atoms with van der Waals surface area (Å²) in [5, 5.41) is 3.37. The maximum atomic E-state index is 6.75. The zero-order valence-corrected chi connectivity index (χ0v) is 37.3. The lowest BCUT2D eigenvalue weighted by atomic mass is 10.1. The fourth-order valence-electron chi connectivity index (χ4n) is 7.09. The van der Waals surface area contributed by atoms with Crippen molar-refractivity contribution >= 4 is 22.7 Å². The zero-order chi connectivity index (χ0) is 41.5. The Bertz CT molecular complexity index is 1340. The molecule has 3 aromatic carbocycles. The summed E-state index contributed by atoms with van der Waals surface area (Å²) in [7, 11) is 0. The number of unbranched alkanes of at least 4 members (excludes halogenated alkanes) is 20. The van der Waals surface area contributed by atoms with E-state index in [-0.39, 0.29) is 0 Å². The quantitative estimate of drug-likeness (QED) is 0.0341. The van der Waals surface area contributed by atoms with Crippen LogP contribution in [0.25, 0.3) is 0 Å². The van der Waals surface area contributed by atoms with E-state index in [1.54, 1.807) is 10.0 Å². The molecule has 0 radical (unpaired) electrons. The minimum atomic E-state index is 0.659. The molecule has 0 aliphatic carbocycles. The molecule has 0 atom stereocenters. The van der Waals surface area contributed by atoms with Crippen molar-refractivity contribution in [1.82, 2.24) is 0 Å². The van der Waals surface area contributed by atoms with Crippen molar-refractivity contribution in [2.24, 2.45) is 11.7 Å². The molecule has 0 saturated carbocycles. The van der Waals surface area contributed by atoms with Crippen LogP contribution in [0.2, 0.25) is 0 Å². The van der Waals surface area contributed by atoms with Gasteiger partial charge in [-0.25, -0.2) is 11.7 Å². The maximum Gasteiger partial charge on any atom is 0.163 e. The van der Waals surface area contributed by atoms with Crippen LogP contribution in [0.5, 0.6) is 23.0 Å². The summed E-state index contributed by atoms with van der Waals surface area (Å²) in [6.45, 7) is 11.7. The summed E-state index contributed by atoms with van der Waals surface area (Å²) in [6.07, 6.45) is 29.3. The molecule has 4 N–H and O–H groups in total. The molecule has 0 spiro atoms. The van der Waals surface area contributed by atoms with Gasteiger partial charge >= 0.3 is 0 Å². The average Bonchev–Trinajstić information content (AvgIpc) is 3.25. The van der Waals surface area contributed by atoms with Crippen molar-refractivity contribution in [2.45, 2.75) is 182 Å². The standard InChI is InChI=1S/C50H82N4O4/c1-5-9-13-17-21-25-37-55-47-35-33-45(41-49(47)57-39-27-23-19-15-11-7-3)53(51)43-29-31-44(32-30-43)54(52)46-34-36-48(56-38-26-22-18-14-10-6-2)50(42-46)58-40-28-24-20-16-12-8-4/h29-36,41-42H,5-28,37-40,51-52H2,1-4H3. The van der Waals surface area contributed by atoms with Gasteiger partial charge in [-0.15, -0.1) is 0 Å². The second kappa shape index (κ2) is 31.3. The van der Waals surface area contributed by atoms with Crippen LogP contribution < -0.4 is 40.7 Å². The van der Waals surface area contributed by atoms with Gasteiger partial charge in [0.05, 0.1) is 49.2 Å². The highest BCUT2D eigenvalue weighted by Gasteiger charge is 2.15. The Morgan fingerprint density at radius 3 is 0.845 bits per heavy atom. The van der Waals surface area contributed by atoms with Crippen LogP contribution in [-0.4, -0.2) is 26.4 Å². The average molecular weight is 803 g/mol. The molecular formula is C50H82N4O4. The molecule has 8 nitrogen and oxygen atoms in total. The Hall–Kier alpha value is -3.62. The third-order valence-electron chi connectivity index (χ3n) is 10.8. The van der Waals surface area contributed by atoms with Crippen molar-refractivity contribution in [2.75, 3.05) is 36.4 Å². The summed E-state index contributed by atoms with van der Waals surface area (Å²) in [4.78, 5) is 0. The Kier molecular flexibility index (Phi) is 26.3. The van der Waals surface area contributed by atoms with E-state index in [0.29, 0.717) is 26.4 Å². The van der Waals surface area contributed by atoms with Crippen molar-refractivity contribution in [3.05, 3.63) is 60.7 Å². The van der Waals surface area contributed by atoms with Crippen LogP contribution in [0, 0.1) is 0 Å². The van der Waals surface area contributed by atoms with Gasteiger partial charge in [0.15, 0.2) is 23.0 Å². The van der Waals surface area contributed by atoms with E-state index in [1.807, 2.05) is 60.7 Å². The molecule has 0 bridgehead atoms. The SMILES string of the molecule is CCCCCCCCOc1ccc(N(N)c2ccc(N(N)c3ccc(OCCCCCCCC)c(OCCCCCCCC)c3)cc2)cc1OCCCCCCCC. The minimum absolute atomic E-state index is 0.659. The summed E-state index contributed by atoms with van der Waals surface area (Å²) >= 11 is 0. The first-order valence-corrected chi connectivity index (χ1v) is 23.5. The molecule has 3 rings (SSSR count). The second-order valence-corrected chi connectivity index (χ2v) is 16.0. The monoisotopic (exact) mass is 803 g/mol. The van der Waals surface area contributed by atoms with Gasteiger partial charge in [-0.3, -0.25) is 10.0 Å². The van der Waals surface area contributed by atoms with Gasteiger partial charge < -0.3 is 18.9 Å². The lowest BCUT2D eigenvalue weighted by Gasteiger charge is -2.24. The highest BCUT2D eigenvalue weighted by Crippen LogP contribution is 2.37. The normalized spacial score (nSPS) is 11.1. The van der Waals surface area contributed by atoms with Crippen molar-refractivity contribution in [1.29, 1.82) is 0 Å². The van der Waals surface area contributed by atoms with Gasteiger partial charge in [0.2, 0.25) is 0 Å². The first kappa shape index (κ1) is 48.7. The summed E-state index contributed by atoms with van der Waals surface area (Å²) < 4.78 is 25.2. The molecule has 0 aliphatic heterocycles. The Balaban J connectivity index is 1.67. The van der Waals surface area contributed by atoms with Gasteiger partial charge in [-0.05, 0) is 74.2 Å². The van der Waals surface area contributed by atoms with E-state index in [4.69, 9.17) is 30.6 Å². The summed E-state index contributed by atoms with van der Waals surface area (Å²) in [5.74, 6) is 16.5. The predicted octanol–water partition coefficient (Wildman–Crippen LogP) is 14.7. The molecule has 0 aromatic heterocycles. The number of ether oxygens (including phenoxy) is 4. The molecular weight excluding hydrogens is 721 g/mol. The maximum absolute atomic E-state index is 6.75. The third-order valence-corrected chi connectivity index (χ3v) is 10.8. The predicted molar refractivity (Wildman–Crippen MR) is 247 cm³/mol. The molecule has 0 aliphatic rings. The Morgan fingerprint density at radius 2 is 0.552 bits per heavy atom. The Labute approximate surface area is 354 Å². The van der Waals surface area contributed by atoms with Gasteiger partial charge in [0, 0.05) is 12.1 Å². The number of rotatable bonds is 36. The summed E-state index contributed by atoms with van der Waals surface area (Å²) in [5.41, 5.74) is 3.32. The molecule has 0 unspecified atom stereocenters. The minimum Gasteiger partial charge on any atom is -0.490 e. The first-order valence-electron chi connectivity index (χ1n) is 23.5. The number of anilines is 4. The number of hydrogen-bond acceptors (Lipinski definition) is 8. The van der Waals surface area contributed by atoms with E-state index in [1.165, 1.54) is 128 Å². The molecule has 0 heterocycles. The largest absolute Gasteiger partial charge is 0.490 e. The number of nitrogens with zero attached hydrogens (tertiary/aromatic N) is 2. The molecule has 3 aromatic rings. The number of hydrazine groups is 2. The first-order chi connectivity index (χ1) is 28.5. The summed E-state index contributed by atoms with van der Waals surface area (Å²) in [6, 6.07) is 19.9. The molecule has 8 heteroatoms. The highest BCUT2D eigenvalue weighted by atomic mass is 16.5. The number of nitrogens with two attached hydrogens (primary N) is 2. The van der Waals surface area contributed by atoms with E-state index >= 15 is 0 Å². The van der Waals surface area contributed by atoms with E-state index in [9.17, 15) is 0 Å². The lowest BCUT2D eigenvalue weighted by Crippen LogP contribution is -2.26. The zero-order valence-electron chi connectivity index (χ0n) is 37.3. The van der Waals surface area contributed by atoms with Crippen molar-refractivity contribution < 1.29 is 18.9 Å². The smallest absolute Gasteiger partial charge is 0.163 e. The highest BCUT2D eigenvalue weighted by molar-refractivity contribution is 5.70. The second-order valence-electron chi connectivity index (χ2n) is 16.0. The molecule has 0 amide bonds. The van der Waals surface area contributed by atoms with Gasteiger partial charge in [0.1, 0.15) is 0 Å². The van der Waals surface area contributed by atoms with Gasteiger partial charge in [-0.2, -0.15) is 0 Å². The van der Waals surface area contributed by atoms with E-state index in [2.05, 4.69) is 27.7 Å². The van der Waals surface area contributed by atoms with E-state index in [0.717, 1.165) is 71.4 Å². The van der Waals surface area contributed by atoms with Crippen LogP contribution in [0.15, 0.2) is 60.7 Å². The number of benzene rings is 3. The van der Waals surface area contributed by atoms with Crippen LogP contribution in [0.3, 0.4) is 0 Å². The molecule has 0 saturated heterocycles. The molecule has 326 valence electrons. The lowest BCUT2D eigenvalue weighted by molar-refractivity contribution is 0.258. The third kappa shape index (κ3) is 19.4. The molecule has 0 fully saturated rings. The van der Waals surface area contributed by atoms with Gasteiger partial charge in [-0.1, -0.05) is 156 Å². The van der Waals surface area contributed by atoms with Crippen LogP contribution in [-0.2, 0) is 0 Å². The van der Waals surface area contributed by atoms with Crippen molar-refractivity contribution in [3.63, 3.8) is 0 Å². The molecule has 58 heavy (non-hydrogen) atoms. The Morgan fingerprint density at radius 1 is 0.310 bits per heavy atom.